The number of carbonyl (C=O) groups excluding carboxylic acids is 2. The van der Waals surface area contributed by atoms with E-state index < -0.39 is 11.9 Å². The molecule has 0 aromatic carbocycles. The summed E-state index contributed by atoms with van der Waals surface area (Å²) in [7, 11) is 1.34. The standard InChI is InChI=1S/C31H34N4O3/c1-8-19-16(5)20-10-18-9-13(2)28(32-18)26-27(31(37)38-7)30(36)25-17(6)23(35-29(25)26)11-21-14(3)15(4)22(33-21)12-24(19)34-20/h10-13,27,32-35H,8-9H2,1-7H3/b18-10-,21-11-,22-12-,28-26-/t13-,27+/m0/s1. The Morgan fingerprint density at radius 2 is 1.58 bits per heavy atom. The topological polar surface area (TPSA) is 103 Å². The van der Waals surface area contributed by atoms with Crippen LogP contribution in [-0.2, 0) is 16.0 Å². The molecular formula is C31H34N4O3. The molecule has 3 aromatic rings. The molecule has 3 aromatic heterocycles. The molecule has 5 heterocycles. The lowest BCUT2D eigenvalue weighted by Gasteiger charge is -2.15. The van der Waals surface area contributed by atoms with E-state index in [1.54, 1.807) is 0 Å². The third kappa shape index (κ3) is 3.34. The highest BCUT2D eigenvalue weighted by molar-refractivity contribution is 6.24. The Morgan fingerprint density at radius 3 is 2.24 bits per heavy atom. The molecule has 7 nitrogen and oxygen atoms in total. The van der Waals surface area contributed by atoms with Crippen LogP contribution in [0, 0.1) is 39.5 Å². The Bertz CT molecular complexity index is 1740. The predicted octanol–water partition coefficient (Wildman–Crippen LogP) is 3.81. The Kier molecular flexibility index (Phi) is 5.45. The predicted molar refractivity (Wildman–Crippen MR) is 149 cm³/mol. The summed E-state index contributed by atoms with van der Waals surface area (Å²) in [4.78, 5) is 37.5. The summed E-state index contributed by atoms with van der Waals surface area (Å²) < 4.78 is 5.12. The van der Waals surface area contributed by atoms with Gasteiger partial charge in [-0.2, -0.15) is 0 Å². The molecule has 3 aliphatic rings. The second kappa shape index (κ2) is 8.51. The van der Waals surface area contributed by atoms with E-state index in [1.807, 2.05) is 6.92 Å². The molecule has 6 rings (SSSR count). The Hall–Kier alpha value is -4.00. The second-order valence-electron chi connectivity index (χ2n) is 10.9. The fourth-order valence-electron chi connectivity index (χ4n) is 6.42. The summed E-state index contributed by atoms with van der Waals surface area (Å²) in [5, 5.41) is 5.65. The number of nitrogens with one attached hydrogen (secondary N) is 4. The van der Waals surface area contributed by atoms with Gasteiger partial charge in [-0.25, -0.2) is 0 Å². The minimum Gasteiger partial charge on any atom is -0.468 e. The van der Waals surface area contributed by atoms with Crippen LogP contribution in [0.5, 0.6) is 0 Å². The van der Waals surface area contributed by atoms with Crippen molar-refractivity contribution in [3.63, 3.8) is 0 Å². The van der Waals surface area contributed by atoms with Crippen LogP contribution >= 0.6 is 0 Å². The zero-order chi connectivity index (χ0) is 27.0. The van der Waals surface area contributed by atoms with Crippen LogP contribution in [0.25, 0.3) is 23.8 Å². The lowest BCUT2D eigenvalue weighted by atomic mass is 9.93. The Labute approximate surface area is 221 Å². The molecule has 0 saturated carbocycles. The van der Waals surface area contributed by atoms with Gasteiger partial charge in [0.2, 0.25) is 0 Å². The number of Topliss-reactive ketones (excluding diaryl/α,β-unsaturated/α-hetero) is 1. The molecule has 0 spiro atoms. The zero-order valence-electron chi connectivity index (χ0n) is 23.0. The number of hydrogen-bond acceptors (Lipinski definition) is 4. The molecular weight excluding hydrogens is 476 g/mol. The van der Waals surface area contributed by atoms with Crippen molar-refractivity contribution >= 4 is 35.6 Å². The molecule has 1 saturated heterocycles. The van der Waals surface area contributed by atoms with Gasteiger partial charge in [-0.05, 0) is 86.6 Å². The average Bonchev–Trinajstić information content (AvgIpc) is 3.63. The van der Waals surface area contributed by atoms with Crippen LogP contribution in [0.2, 0.25) is 0 Å². The van der Waals surface area contributed by atoms with E-state index in [0.717, 1.165) is 68.8 Å². The molecule has 1 fully saturated rings. The summed E-state index contributed by atoms with van der Waals surface area (Å²) in [5.41, 5.74) is 12.7. The lowest BCUT2D eigenvalue weighted by molar-refractivity contribution is -0.141. The molecule has 8 bridgehead atoms. The van der Waals surface area contributed by atoms with E-state index in [-0.39, 0.29) is 11.7 Å². The summed E-state index contributed by atoms with van der Waals surface area (Å²) in [6.07, 6.45) is 8.16. The van der Waals surface area contributed by atoms with Crippen molar-refractivity contribution in [2.45, 2.75) is 54.4 Å². The minimum atomic E-state index is -0.974. The third-order valence-electron chi connectivity index (χ3n) is 8.74. The normalized spacial score (nSPS) is 24.8. The molecule has 2 atom stereocenters. The summed E-state index contributed by atoms with van der Waals surface area (Å²) in [5.74, 6) is -1.60. The largest absolute Gasteiger partial charge is 0.468 e. The summed E-state index contributed by atoms with van der Waals surface area (Å²) >= 11 is 0. The first-order valence-corrected chi connectivity index (χ1v) is 13.3. The summed E-state index contributed by atoms with van der Waals surface area (Å²) in [6, 6.07) is 0. The molecule has 0 unspecified atom stereocenters. The van der Waals surface area contributed by atoms with Gasteiger partial charge in [0.1, 0.15) is 5.92 Å². The molecule has 196 valence electrons. The number of carbonyl (C=O) groups is 2. The lowest BCUT2D eigenvalue weighted by Crippen LogP contribution is -2.24. The number of aromatic nitrogens is 3. The number of allylic oxidation sites excluding steroid dienone is 2. The monoisotopic (exact) mass is 510 g/mol. The van der Waals surface area contributed by atoms with Gasteiger partial charge >= 0.3 is 5.97 Å². The van der Waals surface area contributed by atoms with Crippen LogP contribution in [-0.4, -0.2) is 33.8 Å². The first kappa shape index (κ1) is 24.3. The van der Waals surface area contributed by atoms with Crippen LogP contribution in [0.1, 0.15) is 81.2 Å². The maximum absolute atomic E-state index is 13.7. The van der Waals surface area contributed by atoms with Gasteiger partial charge in [0.25, 0.3) is 0 Å². The fourth-order valence-corrected chi connectivity index (χ4v) is 6.42. The van der Waals surface area contributed by atoms with Crippen molar-refractivity contribution in [3.8, 4) is 0 Å². The maximum Gasteiger partial charge on any atom is 0.321 e. The second-order valence-corrected chi connectivity index (χ2v) is 10.9. The van der Waals surface area contributed by atoms with Gasteiger partial charge < -0.3 is 25.0 Å². The number of ketones is 1. The quantitative estimate of drug-likeness (QED) is 0.311. The van der Waals surface area contributed by atoms with Crippen molar-refractivity contribution in [2.24, 2.45) is 11.8 Å². The number of hydrogen-bond donors (Lipinski definition) is 4. The highest BCUT2D eigenvalue weighted by atomic mass is 16.5. The maximum atomic E-state index is 13.7. The van der Waals surface area contributed by atoms with E-state index in [4.69, 9.17) is 4.74 Å². The average molecular weight is 511 g/mol. The number of esters is 1. The molecule has 1 aliphatic carbocycles. The number of fused-ring (bicyclic) bond motifs is 7. The number of rotatable bonds is 2. The third-order valence-corrected chi connectivity index (χ3v) is 8.74. The first-order chi connectivity index (χ1) is 18.1. The zero-order valence-corrected chi connectivity index (χ0v) is 23.0. The molecule has 38 heavy (non-hydrogen) atoms. The van der Waals surface area contributed by atoms with Crippen molar-refractivity contribution in [2.75, 3.05) is 7.11 Å². The van der Waals surface area contributed by atoms with E-state index >= 15 is 0 Å². The van der Waals surface area contributed by atoms with E-state index in [1.165, 1.54) is 23.8 Å². The molecule has 4 N–H and O–H groups in total. The van der Waals surface area contributed by atoms with Crippen molar-refractivity contribution in [1.82, 2.24) is 20.3 Å². The van der Waals surface area contributed by atoms with Crippen molar-refractivity contribution in [3.05, 3.63) is 78.2 Å². The SMILES string of the molecule is CCc1c2[nH]c(c1C)/C=C1/C[C@H](C)/C(=C3/c4[nH]c(c(C)c4C(=O)[C@@H]3C(=O)OC)/C=c3\[nH]/c(c(C)c3C)=C\2)N1. The Morgan fingerprint density at radius 1 is 0.921 bits per heavy atom. The molecule has 2 aliphatic heterocycles. The minimum absolute atomic E-state index is 0.108. The fraction of sp³-hybridized carbons (Fsp3) is 0.355. The summed E-state index contributed by atoms with van der Waals surface area (Å²) in [6.45, 7) is 12.7. The van der Waals surface area contributed by atoms with Gasteiger partial charge in [-0.3, -0.25) is 9.59 Å². The van der Waals surface area contributed by atoms with E-state index in [0.29, 0.717) is 11.1 Å². The molecule has 0 radical (unpaired) electrons. The number of H-pyrrole nitrogens is 3. The van der Waals surface area contributed by atoms with Crippen molar-refractivity contribution < 1.29 is 14.3 Å². The van der Waals surface area contributed by atoms with Crippen LogP contribution < -0.4 is 16.0 Å². The van der Waals surface area contributed by atoms with Crippen LogP contribution in [0.15, 0.2) is 11.4 Å². The van der Waals surface area contributed by atoms with E-state index in [2.05, 4.69) is 73.1 Å². The van der Waals surface area contributed by atoms with Crippen LogP contribution in [0.4, 0.5) is 0 Å². The van der Waals surface area contributed by atoms with Gasteiger partial charge in [0, 0.05) is 56.2 Å². The van der Waals surface area contributed by atoms with Crippen molar-refractivity contribution in [1.29, 1.82) is 0 Å². The molecule has 0 amide bonds. The first-order valence-electron chi connectivity index (χ1n) is 13.3. The number of ether oxygens (including phenoxy) is 1. The molecule has 7 heteroatoms. The Balaban J connectivity index is 1.71. The van der Waals surface area contributed by atoms with Gasteiger partial charge in [-0.1, -0.05) is 13.8 Å². The highest BCUT2D eigenvalue weighted by Crippen LogP contribution is 2.45. The number of aromatic amines is 3. The van der Waals surface area contributed by atoms with E-state index in [9.17, 15) is 9.59 Å². The van der Waals surface area contributed by atoms with Gasteiger partial charge in [0.15, 0.2) is 5.78 Å². The van der Waals surface area contributed by atoms with Gasteiger partial charge in [-0.15, -0.1) is 0 Å². The van der Waals surface area contributed by atoms with Crippen LogP contribution in [0.3, 0.4) is 0 Å². The highest BCUT2D eigenvalue weighted by Gasteiger charge is 2.47. The number of methoxy groups -OCH3 is 1. The smallest absolute Gasteiger partial charge is 0.321 e. The van der Waals surface area contributed by atoms with Gasteiger partial charge in [0.05, 0.1) is 12.8 Å².